The van der Waals surface area contributed by atoms with E-state index >= 15 is 0 Å². The van der Waals surface area contributed by atoms with Crippen LogP contribution in [-0.4, -0.2) is 70.9 Å². The number of likely N-dealkylation sites (tertiary alicyclic amines) is 2. The number of carbonyl (C=O) groups is 1. The van der Waals surface area contributed by atoms with Gasteiger partial charge in [-0.25, -0.2) is 18.2 Å². The van der Waals surface area contributed by atoms with Crippen molar-refractivity contribution in [2.45, 2.75) is 54.3 Å². The maximum Gasteiger partial charge on any atom is 0.416 e. The zero-order valence-corrected chi connectivity index (χ0v) is 19.3. The molecule has 2 saturated heterocycles. The molecule has 3 aliphatic rings. The van der Waals surface area contributed by atoms with E-state index < -0.39 is 26.8 Å². The number of halogens is 3. The number of H-pyrrole nitrogens is 1. The van der Waals surface area contributed by atoms with Gasteiger partial charge in [-0.1, -0.05) is 6.07 Å². The smallest absolute Gasteiger partial charge is 0.324 e. The summed E-state index contributed by atoms with van der Waals surface area (Å²) in [5, 5.41) is 6.03. The van der Waals surface area contributed by atoms with Gasteiger partial charge in [0.15, 0.2) is 9.84 Å². The molecule has 8 nitrogen and oxygen atoms in total. The van der Waals surface area contributed by atoms with Crippen molar-refractivity contribution in [3.63, 3.8) is 0 Å². The van der Waals surface area contributed by atoms with E-state index in [0.717, 1.165) is 30.4 Å². The summed E-state index contributed by atoms with van der Waals surface area (Å²) >= 11 is 0. The van der Waals surface area contributed by atoms with Gasteiger partial charge < -0.3 is 9.80 Å². The number of amides is 2. The van der Waals surface area contributed by atoms with Gasteiger partial charge in [0.2, 0.25) is 0 Å². The van der Waals surface area contributed by atoms with E-state index in [1.54, 1.807) is 0 Å². The lowest BCUT2D eigenvalue weighted by Gasteiger charge is -2.53. The fraction of sp³-hybridized carbons (Fsp3) is 0.591. The standard InChI is InChI=1S/C22H26F3N5O3S/c23-22(24,25)16-2-1-3-18(10-16)34(32,33)17-4-7-21(8-5-17)12-30(13-21)20(31)29-9-6-15(11-29)19-26-14-27-28-19/h1-3,10,14-15,17H,4-9,11-13H2,(H,26,27,28)/t15-/m0/s1. The number of hydrogen-bond donors (Lipinski definition) is 1. The SMILES string of the molecule is O=C(N1CC[C@H](c2ncn[nH]2)C1)N1CC2(CCC(S(=O)(=O)c3cccc(C(F)(F)F)c3)CC2)C1. The van der Waals surface area contributed by atoms with Crippen LogP contribution in [0.2, 0.25) is 0 Å². The van der Waals surface area contributed by atoms with Crippen LogP contribution in [-0.2, 0) is 16.0 Å². The third-order valence-corrected chi connectivity index (χ3v) is 9.78. The Labute approximate surface area is 195 Å². The minimum atomic E-state index is -4.59. The molecular weight excluding hydrogens is 471 g/mol. The van der Waals surface area contributed by atoms with Crippen molar-refractivity contribution < 1.29 is 26.4 Å². The van der Waals surface area contributed by atoms with Crippen LogP contribution >= 0.6 is 0 Å². The molecule has 1 atom stereocenters. The van der Waals surface area contributed by atoms with Crippen LogP contribution in [0.5, 0.6) is 0 Å². The molecule has 3 heterocycles. The van der Waals surface area contributed by atoms with Gasteiger partial charge in [-0.15, -0.1) is 0 Å². The van der Waals surface area contributed by atoms with E-state index in [1.165, 1.54) is 12.4 Å². The average molecular weight is 498 g/mol. The minimum absolute atomic E-state index is 0.00801. The molecule has 2 aliphatic heterocycles. The highest BCUT2D eigenvalue weighted by atomic mass is 32.2. The van der Waals surface area contributed by atoms with Crippen LogP contribution < -0.4 is 0 Å². The topological polar surface area (TPSA) is 99.3 Å². The fourth-order valence-corrected chi connectivity index (χ4v) is 7.34. The summed E-state index contributed by atoms with van der Waals surface area (Å²) in [6.45, 7) is 2.43. The van der Waals surface area contributed by atoms with Gasteiger partial charge in [-0.2, -0.15) is 18.3 Å². The lowest BCUT2D eigenvalue weighted by Crippen LogP contribution is -2.62. The minimum Gasteiger partial charge on any atom is -0.324 e. The summed E-state index contributed by atoms with van der Waals surface area (Å²) in [6, 6.07) is 3.97. The first-order valence-corrected chi connectivity index (χ1v) is 12.9. The molecule has 184 valence electrons. The van der Waals surface area contributed by atoms with E-state index in [-0.39, 0.29) is 22.3 Å². The Morgan fingerprint density at radius 1 is 1.12 bits per heavy atom. The molecule has 2 amide bonds. The first kappa shape index (κ1) is 23.1. The normalized spacial score (nSPS) is 23.3. The van der Waals surface area contributed by atoms with Crippen LogP contribution in [0.4, 0.5) is 18.0 Å². The second-order valence-electron chi connectivity index (χ2n) is 9.71. The summed E-state index contributed by atoms with van der Waals surface area (Å²) < 4.78 is 65.1. The highest BCUT2D eigenvalue weighted by Crippen LogP contribution is 2.46. The van der Waals surface area contributed by atoms with E-state index in [4.69, 9.17) is 0 Å². The van der Waals surface area contributed by atoms with Crippen molar-refractivity contribution in [2.24, 2.45) is 5.41 Å². The van der Waals surface area contributed by atoms with Gasteiger partial charge in [0.05, 0.1) is 15.7 Å². The molecule has 1 saturated carbocycles. The van der Waals surface area contributed by atoms with E-state index in [9.17, 15) is 26.4 Å². The van der Waals surface area contributed by atoms with Gasteiger partial charge in [0, 0.05) is 37.5 Å². The molecule has 5 rings (SSSR count). The number of sulfone groups is 1. The first-order chi connectivity index (χ1) is 16.1. The molecule has 0 bridgehead atoms. The number of aromatic amines is 1. The largest absolute Gasteiger partial charge is 0.416 e. The third-order valence-electron chi connectivity index (χ3n) is 7.52. The van der Waals surface area contributed by atoms with Crippen LogP contribution in [0.25, 0.3) is 0 Å². The molecular formula is C22H26F3N5O3S. The molecule has 1 aromatic carbocycles. The second kappa shape index (κ2) is 8.24. The Morgan fingerprint density at radius 3 is 2.50 bits per heavy atom. The fourth-order valence-electron chi connectivity index (χ4n) is 5.54. The molecule has 0 unspecified atom stereocenters. The Hall–Kier alpha value is -2.63. The van der Waals surface area contributed by atoms with Crippen molar-refractivity contribution in [3.05, 3.63) is 42.0 Å². The molecule has 1 aromatic heterocycles. The van der Waals surface area contributed by atoms with Crippen molar-refractivity contribution in [2.75, 3.05) is 26.2 Å². The molecule has 34 heavy (non-hydrogen) atoms. The summed E-state index contributed by atoms with van der Waals surface area (Å²) in [4.78, 5) is 20.4. The van der Waals surface area contributed by atoms with Crippen LogP contribution in [0.15, 0.2) is 35.5 Å². The van der Waals surface area contributed by atoms with Gasteiger partial charge in [-0.3, -0.25) is 5.10 Å². The number of alkyl halides is 3. The number of hydrogen-bond acceptors (Lipinski definition) is 5. The summed E-state index contributed by atoms with van der Waals surface area (Å²) in [7, 11) is -3.85. The molecule has 0 radical (unpaired) electrons. The molecule has 1 spiro atoms. The van der Waals surface area contributed by atoms with Crippen molar-refractivity contribution in [3.8, 4) is 0 Å². The Morgan fingerprint density at radius 2 is 1.85 bits per heavy atom. The number of carbonyl (C=O) groups excluding carboxylic acids is 1. The molecule has 12 heteroatoms. The van der Waals surface area contributed by atoms with Gasteiger partial charge in [-0.05, 0) is 50.3 Å². The predicted octanol–water partition coefficient (Wildman–Crippen LogP) is 3.45. The van der Waals surface area contributed by atoms with E-state index in [0.29, 0.717) is 51.9 Å². The van der Waals surface area contributed by atoms with Crippen LogP contribution in [0, 0.1) is 5.41 Å². The highest BCUT2D eigenvalue weighted by Gasteiger charge is 2.50. The van der Waals surface area contributed by atoms with Gasteiger partial charge in [0.25, 0.3) is 0 Å². The maximum atomic E-state index is 13.0. The lowest BCUT2D eigenvalue weighted by molar-refractivity contribution is -0.137. The maximum absolute atomic E-state index is 13.0. The number of aromatic nitrogens is 3. The van der Waals surface area contributed by atoms with Crippen LogP contribution in [0.1, 0.15) is 49.4 Å². The van der Waals surface area contributed by atoms with Crippen molar-refractivity contribution >= 4 is 15.9 Å². The number of rotatable bonds is 3. The predicted molar refractivity (Wildman–Crippen MR) is 116 cm³/mol. The summed E-state index contributed by atoms with van der Waals surface area (Å²) in [5.41, 5.74) is -1.05. The molecule has 1 aliphatic carbocycles. The highest BCUT2D eigenvalue weighted by molar-refractivity contribution is 7.92. The number of nitrogens with one attached hydrogen (secondary N) is 1. The van der Waals surface area contributed by atoms with E-state index in [2.05, 4.69) is 15.2 Å². The lowest BCUT2D eigenvalue weighted by atomic mass is 9.68. The summed E-state index contributed by atoms with van der Waals surface area (Å²) in [5.74, 6) is 0.939. The molecule has 3 fully saturated rings. The number of benzene rings is 1. The number of urea groups is 1. The Kier molecular flexibility index (Phi) is 5.61. The van der Waals surface area contributed by atoms with Crippen LogP contribution in [0.3, 0.4) is 0 Å². The monoisotopic (exact) mass is 497 g/mol. The second-order valence-corrected chi connectivity index (χ2v) is 11.9. The number of nitrogens with zero attached hydrogens (tertiary/aromatic N) is 4. The summed E-state index contributed by atoms with van der Waals surface area (Å²) in [6.07, 6.45) is -0.248. The quantitative estimate of drug-likeness (QED) is 0.700. The van der Waals surface area contributed by atoms with Gasteiger partial charge in [0.1, 0.15) is 12.2 Å². The third kappa shape index (κ3) is 4.16. The van der Waals surface area contributed by atoms with E-state index in [1.807, 2.05) is 9.80 Å². The van der Waals surface area contributed by atoms with Crippen molar-refractivity contribution in [1.82, 2.24) is 25.0 Å². The Balaban J connectivity index is 1.16. The molecule has 1 N–H and O–H groups in total. The van der Waals surface area contributed by atoms with Gasteiger partial charge >= 0.3 is 12.2 Å². The molecule has 2 aromatic rings. The zero-order valence-electron chi connectivity index (χ0n) is 18.5. The average Bonchev–Trinajstić information content (AvgIpc) is 3.48. The van der Waals surface area contributed by atoms with Crippen molar-refractivity contribution in [1.29, 1.82) is 0 Å². The zero-order chi connectivity index (χ0) is 24.1. The first-order valence-electron chi connectivity index (χ1n) is 11.4. The Bertz CT molecular complexity index is 1150.